The van der Waals surface area contributed by atoms with Crippen molar-refractivity contribution in [3.63, 3.8) is 0 Å². The van der Waals surface area contributed by atoms with Gasteiger partial charge in [-0.25, -0.2) is 13.1 Å². The molecule has 1 aromatic carbocycles. The summed E-state index contributed by atoms with van der Waals surface area (Å²) in [5.41, 5.74) is 0.728. The third-order valence-corrected chi connectivity index (χ3v) is 5.61. The van der Waals surface area contributed by atoms with Crippen LogP contribution in [0.25, 0.3) is 0 Å². The summed E-state index contributed by atoms with van der Waals surface area (Å²) in [6.45, 7) is 1.78. The first-order valence-electron chi connectivity index (χ1n) is 6.35. The molecule has 2 N–H and O–H groups in total. The summed E-state index contributed by atoms with van der Waals surface area (Å²) in [6, 6.07) is 5.15. The summed E-state index contributed by atoms with van der Waals surface area (Å²) in [5.74, 6) is 0. The normalized spacial score (nSPS) is 24.4. The number of aliphatic hydroxyl groups is 1. The molecule has 1 saturated carbocycles. The standard InChI is InChI=1S/C13H18BrNO3S/c1-9-2-3-10(14)8-13(9)19(17,18)15-11-4-6-12(16)7-5-11/h2-3,8,11-12,15-16H,4-7H2,1H3. The van der Waals surface area contributed by atoms with Gasteiger partial charge in [-0.15, -0.1) is 0 Å². The largest absolute Gasteiger partial charge is 0.393 e. The summed E-state index contributed by atoms with van der Waals surface area (Å²) in [4.78, 5) is 0.313. The number of hydrogen-bond acceptors (Lipinski definition) is 3. The van der Waals surface area contributed by atoms with Gasteiger partial charge < -0.3 is 5.11 Å². The number of aliphatic hydroxyl groups excluding tert-OH is 1. The first kappa shape index (κ1) is 15.0. The number of hydrogen-bond donors (Lipinski definition) is 2. The molecule has 1 aliphatic rings. The fourth-order valence-corrected chi connectivity index (χ4v) is 4.43. The average molecular weight is 348 g/mol. The van der Waals surface area contributed by atoms with Gasteiger partial charge in [0.1, 0.15) is 0 Å². The van der Waals surface area contributed by atoms with Gasteiger partial charge in [0.2, 0.25) is 10.0 Å². The predicted molar refractivity (Wildman–Crippen MR) is 77.5 cm³/mol. The van der Waals surface area contributed by atoms with E-state index in [-0.39, 0.29) is 12.1 Å². The number of sulfonamides is 1. The lowest BCUT2D eigenvalue weighted by atomic mass is 9.94. The van der Waals surface area contributed by atoms with Crippen molar-refractivity contribution in [2.45, 2.75) is 49.6 Å². The van der Waals surface area contributed by atoms with E-state index in [0.29, 0.717) is 30.6 Å². The van der Waals surface area contributed by atoms with Crippen LogP contribution in [0, 0.1) is 6.92 Å². The van der Waals surface area contributed by atoms with E-state index in [0.717, 1.165) is 10.0 Å². The van der Waals surface area contributed by atoms with E-state index in [9.17, 15) is 13.5 Å². The zero-order valence-electron chi connectivity index (χ0n) is 10.8. The van der Waals surface area contributed by atoms with Crippen LogP contribution in [-0.2, 0) is 10.0 Å². The van der Waals surface area contributed by atoms with Crippen LogP contribution in [-0.4, -0.2) is 25.7 Å². The maximum absolute atomic E-state index is 12.4. The van der Waals surface area contributed by atoms with Gasteiger partial charge in [0.05, 0.1) is 11.0 Å². The topological polar surface area (TPSA) is 66.4 Å². The van der Waals surface area contributed by atoms with E-state index in [1.807, 2.05) is 6.07 Å². The maximum atomic E-state index is 12.4. The Hall–Kier alpha value is -0.430. The molecule has 1 aliphatic carbocycles. The lowest BCUT2D eigenvalue weighted by Gasteiger charge is -2.26. The minimum absolute atomic E-state index is 0.0771. The van der Waals surface area contributed by atoms with Crippen LogP contribution < -0.4 is 4.72 Å². The van der Waals surface area contributed by atoms with Gasteiger partial charge in [0, 0.05) is 10.5 Å². The third-order valence-electron chi connectivity index (χ3n) is 3.46. The lowest BCUT2D eigenvalue weighted by Crippen LogP contribution is -2.38. The molecule has 0 radical (unpaired) electrons. The first-order valence-corrected chi connectivity index (χ1v) is 8.62. The maximum Gasteiger partial charge on any atom is 0.241 e. The van der Waals surface area contributed by atoms with Gasteiger partial charge in [-0.1, -0.05) is 22.0 Å². The summed E-state index contributed by atoms with van der Waals surface area (Å²) in [5, 5.41) is 9.44. The van der Waals surface area contributed by atoms with Crippen molar-refractivity contribution in [2.24, 2.45) is 0 Å². The molecular weight excluding hydrogens is 330 g/mol. The molecule has 0 aliphatic heterocycles. The molecular formula is C13H18BrNO3S. The summed E-state index contributed by atoms with van der Waals surface area (Å²) >= 11 is 3.30. The van der Waals surface area contributed by atoms with Crippen LogP contribution in [0.4, 0.5) is 0 Å². The molecule has 106 valence electrons. The zero-order valence-corrected chi connectivity index (χ0v) is 13.2. The Morgan fingerprint density at radius 1 is 1.26 bits per heavy atom. The Kier molecular flexibility index (Phi) is 4.66. The molecule has 0 atom stereocenters. The molecule has 1 aromatic rings. The Morgan fingerprint density at radius 2 is 1.89 bits per heavy atom. The summed E-state index contributed by atoms with van der Waals surface area (Å²) in [7, 11) is -3.49. The zero-order chi connectivity index (χ0) is 14.0. The van der Waals surface area contributed by atoms with Gasteiger partial charge in [-0.3, -0.25) is 0 Å². The first-order chi connectivity index (χ1) is 8.88. The molecule has 2 rings (SSSR count). The number of nitrogens with one attached hydrogen (secondary N) is 1. The SMILES string of the molecule is Cc1ccc(Br)cc1S(=O)(=O)NC1CCC(O)CC1. The highest BCUT2D eigenvalue weighted by Crippen LogP contribution is 2.23. The fourth-order valence-electron chi connectivity index (χ4n) is 2.34. The van der Waals surface area contributed by atoms with E-state index >= 15 is 0 Å². The predicted octanol–water partition coefficient (Wildman–Crippen LogP) is 2.34. The Morgan fingerprint density at radius 3 is 2.53 bits per heavy atom. The second-order valence-corrected chi connectivity index (χ2v) is 7.63. The molecule has 0 unspecified atom stereocenters. The van der Waals surface area contributed by atoms with Gasteiger partial charge in [-0.05, 0) is 50.3 Å². The molecule has 0 aromatic heterocycles. The lowest BCUT2D eigenvalue weighted by molar-refractivity contribution is 0.120. The molecule has 0 spiro atoms. The van der Waals surface area contributed by atoms with Gasteiger partial charge in [-0.2, -0.15) is 0 Å². The van der Waals surface area contributed by atoms with Crippen LogP contribution in [0.5, 0.6) is 0 Å². The summed E-state index contributed by atoms with van der Waals surface area (Å²) < 4.78 is 28.2. The van der Waals surface area contributed by atoms with Crippen molar-refractivity contribution in [1.29, 1.82) is 0 Å². The van der Waals surface area contributed by atoms with Gasteiger partial charge in [0.15, 0.2) is 0 Å². The fraction of sp³-hybridized carbons (Fsp3) is 0.538. The molecule has 0 amide bonds. The van der Waals surface area contributed by atoms with E-state index in [1.54, 1.807) is 19.1 Å². The summed E-state index contributed by atoms with van der Waals surface area (Å²) in [6.07, 6.45) is 2.41. The van der Waals surface area contributed by atoms with Crippen LogP contribution in [0.3, 0.4) is 0 Å². The molecule has 0 heterocycles. The minimum atomic E-state index is -3.49. The van der Waals surface area contributed by atoms with E-state index in [2.05, 4.69) is 20.7 Å². The van der Waals surface area contributed by atoms with Crippen LogP contribution in [0.15, 0.2) is 27.6 Å². The highest BCUT2D eigenvalue weighted by Gasteiger charge is 2.25. The van der Waals surface area contributed by atoms with Crippen molar-refractivity contribution in [3.05, 3.63) is 28.2 Å². The molecule has 19 heavy (non-hydrogen) atoms. The van der Waals surface area contributed by atoms with Crippen molar-refractivity contribution >= 4 is 26.0 Å². The second kappa shape index (κ2) is 5.91. The Labute approximate surface area is 122 Å². The molecule has 6 heteroatoms. The van der Waals surface area contributed by atoms with E-state index in [4.69, 9.17) is 0 Å². The molecule has 0 saturated heterocycles. The van der Waals surface area contributed by atoms with Crippen LogP contribution in [0.1, 0.15) is 31.2 Å². The quantitative estimate of drug-likeness (QED) is 0.881. The Balaban J connectivity index is 2.16. The van der Waals surface area contributed by atoms with Crippen LogP contribution >= 0.6 is 15.9 Å². The highest BCUT2D eigenvalue weighted by atomic mass is 79.9. The number of halogens is 1. The molecule has 1 fully saturated rings. The smallest absolute Gasteiger partial charge is 0.241 e. The van der Waals surface area contributed by atoms with Crippen molar-refractivity contribution in [2.75, 3.05) is 0 Å². The average Bonchev–Trinajstić information content (AvgIpc) is 2.35. The minimum Gasteiger partial charge on any atom is -0.393 e. The Bertz CT molecular complexity index is 551. The van der Waals surface area contributed by atoms with Gasteiger partial charge >= 0.3 is 0 Å². The number of aryl methyl sites for hydroxylation is 1. The van der Waals surface area contributed by atoms with Gasteiger partial charge in [0.25, 0.3) is 0 Å². The van der Waals surface area contributed by atoms with E-state index in [1.165, 1.54) is 0 Å². The molecule has 4 nitrogen and oxygen atoms in total. The van der Waals surface area contributed by atoms with Crippen molar-refractivity contribution in [3.8, 4) is 0 Å². The van der Waals surface area contributed by atoms with Crippen molar-refractivity contribution < 1.29 is 13.5 Å². The monoisotopic (exact) mass is 347 g/mol. The highest BCUT2D eigenvalue weighted by molar-refractivity contribution is 9.10. The van der Waals surface area contributed by atoms with Crippen molar-refractivity contribution in [1.82, 2.24) is 4.72 Å². The van der Waals surface area contributed by atoms with Crippen LogP contribution in [0.2, 0.25) is 0 Å². The van der Waals surface area contributed by atoms with E-state index < -0.39 is 10.0 Å². The molecule has 0 bridgehead atoms. The second-order valence-electron chi connectivity index (χ2n) is 5.04. The number of benzene rings is 1. The third kappa shape index (κ3) is 3.78. The number of rotatable bonds is 3.